The van der Waals surface area contributed by atoms with E-state index < -0.39 is 6.09 Å². The first kappa shape index (κ1) is 26.3. The normalized spacial score (nSPS) is 17.3. The molecule has 0 radical (unpaired) electrons. The fraction of sp³-hybridized carbons (Fsp3) is 0.429. The number of rotatable bonds is 6. The van der Waals surface area contributed by atoms with Crippen LogP contribution < -0.4 is 11.1 Å². The number of benzene rings is 2. The van der Waals surface area contributed by atoms with Crippen LogP contribution in [0, 0.1) is 5.92 Å². The van der Waals surface area contributed by atoms with Gasteiger partial charge in [0.1, 0.15) is 11.9 Å². The number of nitrogens with two attached hydrogens (primary N) is 1. The maximum atomic E-state index is 13.0. The Bertz CT molecular complexity index is 1120. The van der Waals surface area contributed by atoms with E-state index >= 15 is 0 Å². The van der Waals surface area contributed by atoms with Crippen LogP contribution in [-0.2, 0) is 14.3 Å². The summed E-state index contributed by atoms with van der Waals surface area (Å²) in [5, 5.41) is 3.27. The minimum Gasteiger partial charge on any atom is -0.462 e. The number of hydrogen-bond donors (Lipinski definition) is 2. The number of hydrogen-bond acceptors (Lipinski definition) is 6. The van der Waals surface area contributed by atoms with Gasteiger partial charge in [0, 0.05) is 30.6 Å². The Hall–Kier alpha value is -3.72. The number of nitrogens with one attached hydrogen (secondary N) is 1. The third-order valence-electron chi connectivity index (χ3n) is 6.97. The molecule has 0 bridgehead atoms. The first-order valence-electron chi connectivity index (χ1n) is 12.8. The van der Waals surface area contributed by atoms with Crippen molar-refractivity contribution < 1.29 is 23.9 Å². The van der Waals surface area contributed by atoms with Crippen molar-refractivity contribution in [2.75, 3.05) is 33.3 Å². The van der Waals surface area contributed by atoms with Gasteiger partial charge in [0.2, 0.25) is 0 Å². The van der Waals surface area contributed by atoms with Crippen LogP contribution in [0.15, 0.2) is 53.5 Å². The summed E-state index contributed by atoms with van der Waals surface area (Å²) in [7, 11) is 1.24. The number of carbonyl (C=O) groups excluding carboxylic acids is 3. The van der Waals surface area contributed by atoms with Gasteiger partial charge >= 0.3 is 12.1 Å². The summed E-state index contributed by atoms with van der Waals surface area (Å²) in [6.45, 7) is 3.08. The van der Waals surface area contributed by atoms with Gasteiger partial charge in [0.05, 0.1) is 7.11 Å². The molecular weight excluding hydrogens is 472 g/mol. The lowest BCUT2D eigenvalue weighted by Gasteiger charge is -2.32. The van der Waals surface area contributed by atoms with Crippen molar-refractivity contribution in [1.29, 1.82) is 0 Å². The molecule has 2 amide bonds. The molecule has 9 nitrogen and oxygen atoms in total. The van der Waals surface area contributed by atoms with Gasteiger partial charge in [-0.15, -0.1) is 0 Å². The van der Waals surface area contributed by atoms with E-state index in [0.29, 0.717) is 30.6 Å². The van der Waals surface area contributed by atoms with E-state index in [-0.39, 0.29) is 29.7 Å². The second kappa shape index (κ2) is 12.5. The number of aliphatic imine (C=N–C) groups is 1. The van der Waals surface area contributed by atoms with E-state index in [1.165, 1.54) is 7.11 Å². The predicted molar refractivity (Wildman–Crippen MR) is 140 cm³/mol. The largest absolute Gasteiger partial charge is 0.462 e. The second-order valence-corrected chi connectivity index (χ2v) is 9.50. The number of ether oxygens (including phenoxy) is 2. The summed E-state index contributed by atoms with van der Waals surface area (Å²) < 4.78 is 10.1. The third kappa shape index (κ3) is 7.16. The number of amidine groups is 1. The van der Waals surface area contributed by atoms with Crippen molar-refractivity contribution in [1.82, 2.24) is 10.2 Å². The second-order valence-electron chi connectivity index (χ2n) is 9.50. The van der Waals surface area contributed by atoms with Gasteiger partial charge in [-0.1, -0.05) is 36.4 Å². The number of carbonyl (C=O) groups is 3. The molecule has 2 aromatic rings. The number of likely N-dealkylation sites (tertiary alicyclic amines) is 1. The molecule has 196 valence electrons. The molecule has 0 aromatic heterocycles. The summed E-state index contributed by atoms with van der Waals surface area (Å²) in [4.78, 5) is 42.1. The molecule has 2 aromatic carbocycles. The van der Waals surface area contributed by atoms with Crippen LogP contribution in [0.3, 0.4) is 0 Å². The molecular formula is C28H34N4O5. The van der Waals surface area contributed by atoms with Crippen LogP contribution in [0.2, 0.25) is 0 Å². The zero-order chi connectivity index (χ0) is 26.2. The Morgan fingerprint density at radius 2 is 1.49 bits per heavy atom. The van der Waals surface area contributed by atoms with Gasteiger partial charge < -0.3 is 25.4 Å². The standard InChI is InChI=1S/C28H34N4O5/c1-36-28(35)31-26(29)22-6-2-20(3-7-22)21-4-8-23(9-5-21)27(34)32-16-12-19(13-17-32)18-25(33)37-24-10-14-30-15-11-24/h2-9,19,24,30H,10-18H2,1H3,(H2,29,31,35). The average Bonchev–Trinajstić information content (AvgIpc) is 2.93. The molecule has 0 atom stereocenters. The quantitative estimate of drug-likeness (QED) is 0.350. The summed E-state index contributed by atoms with van der Waals surface area (Å²) in [6, 6.07) is 14.8. The minimum absolute atomic E-state index is 0.00410. The topological polar surface area (TPSA) is 123 Å². The molecule has 0 aliphatic carbocycles. The van der Waals surface area contributed by atoms with Crippen LogP contribution in [0.5, 0.6) is 0 Å². The fourth-order valence-corrected chi connectivity index (χ4v) is 4.75. The van der Waals surface area contributed by atoms with E-state index in [0.717, 1.165) is 49.9 Å². The third-order valence-corrected chi connectivity index (χ3v) is 6.97. The molecule has 2 heterocycles. The lowest BCUT2D eigenvalue weighted by atomic mass is 9.93. The Morgan fingerprint density at radius 1 is 0.919 bits per heavy atom. The Labute approximate surface area is 217 Å². The predicted octanol–water partition coefficient (Wildman–Crippen LogP) is 3.36. The van der Waals surface area contributed by atoms with Gasteiger partial charge in [-0.25, -0.2) is 4.79 Å². The molecule has 37 heavy (non-hydrogen) atoms. The number of nitrogens with zero attached hydrogens (tertiary/aromatic N) is 2. The fourth-order valence-electron chi connectivity index (χ4n) is 4.75. The molecule has 0 saturated carbocycles. The van der Waals surface area contributed by atoms with Crippen molar-refractivity contribution in [3.8, 4) is 11.1 Å². The van der Waals surface area contributed by atoms with Gasteiger partial charge in [-0.05, 0) is 68.0 Å². The maximum Gasteiger partial charge on any atom is 0.435 e. The average molecular weight is 507 g/mol. The van der Waals surface area contributed by atoms with Gasteiger partial charge in [-0.2, -0.15) is 4.99 Å². The number of piperidine rings is 2. The highest BCUT2D eigenvalue weighted by Gasteiger charge is 2.27. The van der Waals surface area contributed by atoms with Crippen molar-refractivity contribution in [2.45, 2.75) is 38.2 Å². The molecule has 4 rings (SSSR count). The Morgan fingerprint density at radius 3 is 2.05 bits per heavy atom. The first-order chi connectivity index (χ1) is 17.9. The van der Waals surface area contributed by atoms with Crippen molar-refractivity contribution in [2.24, 2.45) is 16.6 Å². The van der Waals surface area contributed by atoms with Crippen LogP contribution in [0.4, 0.5) is 4.79 Å². The Kier molecular flexibility index (Phi) is 8.90. The lowest BCUT2D eigenvalue weighted by Crippen LogP contribution is -2.39. The molecule has 2 saturated heterocycles. The van der Waals surface area contributed by atoms with Crippen LogP contribution in [0.1, 0.15) is 48.0 Å². The molecule has 0 spiro atoms. The van der Waals surface area contributed by atoms with Crippen molar-refractivity contribution in [3.63, 3.8) is 0 Å². The molecule has 9 heteroatoms. The summed E-state index contributed by atoms with van der Waals surface area (Å²) in [5.74, 6) is 0.236. The Balaban J connectivity index is 1.27. The molecule has 0 unspecified atom stereocenters. The number of methoxy groups -OCH3 is 1. The molecule has 2 aliphatic rings. The van der Waals surface area contributed by atoms with E-state index in [1.54, 1.807) is 12.1 Å². The number of esters is 1. The smallest absolute Gasteiger partial charge is 0.435 e. The first-order valence-corrected chi connectivity index (χ1v) is 12.8. The summed E-state index contributed by atoms with van der Waals surface area (Å²) >= 11 is 0. The van der Waals surface area contributed by atoms with Gasteiger partial charge in [-0.3, -0.25) is 9.59 Å². The van der Waals surface area contributed by atoms with Crippen molar-refractivity contribution >= 4 is 23.8 Å². The minimum atomic E-state index is -0.749. The maximum absolute atomic E-state index is 13.0. The number of amides is 2. The SMILES string of the molecule is COC(=O)N=C(N)c1ccc(-c2ccc(C(=O)N3CCC(CC(=O)OC4CCNCC4)CC3)cc2)cc1. The zero-order valence-corrected chi connectivity index (χ0v) is 21.2. The van der Waals surface area contributed by atoms with Crippen molar-refractivity contribution in [3.05, 3.63) is 59.7 Å². The molecule has 2 fully saturated rings. The van der Waals surface area contributed by atoms with E-state index in [9.17, 15) is 14.4 Å². The van der Waals surface area contributed by atoms with E-state index in [4.69, 9.17) is 10.5 Å². The van der Waals surface area contributed by atoms with Crippen LogP contribution in [-0.4, -0.2) is 68.1 Å². The van der Waals surface area contributed by atoms with E-state index in [1.807, 2.05) is 41.3 Å². The van der Waals surface area contributed by atoms with Gasteiger partial charge in [0.15, 0.2) is 0 Å². The monoisotopic (exact) mass is 506 g/mol. The van der Waals surface area contributed by atoms with Crippen LogP contribution in [0.25, 0.3) is 11.1 Å². The summed E-state index contributed by atoms with van der Waals surface area (Å²) in [5.41, 5.74) is 8.99. The lowest BCUT2D eigenvalue weighted by molar-refractivity contribution is -0.151. The highest BCUT2D eigenvalue weighted by atomic mass is 16.5. The zero-order valence-electron chi connectivity index (χ0n) is 21.2. The van der Waals surface area contributed by atoms with E-state index in [2.05, 4.69) is 15.0 Å². The summed E-state index contributed by atoms with van der Waals surface area (Å²) in [6.07, 6.45) is 3.09. The molecule has 2 aliphatic heterocycles. The van der Waals surface area contributed by atoms with Crippen LogP contribution >= 0.6 is 0 Å². The highest BCUT2D eigenvalue weighted by molar-refractivity contribution is 6.03. The van der Waals surface area contributed by atoms with Gasteiger partial charge in [0.25, 0.3) is 5.91 Å². The molecule has 3 N–H and O–H groups in total. The highest BCUT2D eigenvalue weighted by Crippen LogP contribution is 2.25.